The van der Waals surface area contributed by atoms with Gasteiger partial charge in [0, 0.05) is 25.2 Å². The van der Waals surface area contributed by atoms with E-state index < -0.39 is 0 Å². The maximum atomic E-state index is 13.5. The second-order valence-electron chi connectivity index (χ2n) is 10.4. The monoisotopic (exact) mass is 374 g/mol. The van der Waals surface area contributed by atoms with Crippen molar-refractivity contribution in [3.63, 3.8) is 0 Å². The predicted octanol–water partition coefficient (Wildman–Crippen LogP) is 4.35. The normalized spacial score (nSPS) is 49.0. The molecule has 4 nitrogen and oxygen atoms in total. The molecule has 2 unspecified atom stereocenters. The van der Waals surface area contributed by atoms with E-state index in [2.05, 4.69) is 13.8 Å². The summed E-state index contributed by atoms with van der Waals surface area (Å²) in [7, 11) is 0. The van der Waals surface area contributed by atoms with Crippen LogP contribution in [-0.4, -0.2) is 23.6 Å². The Morgan fingerprint density at radius 2 is 1.74 bits per heavy atom. The third-order valence-electron chi connectivity index (χ3n) is 9.12. The van der Waals surface area contributed by atoms with Crippen LogP contribution in [0.15, 0.2) is 0 Å². The summed E-state index contributed by atoms with van der Waals surface area (Å²) in [4.78, 5) is 37.1. The summed E-state index contributed by atoms with van der Waals surface area (Å²) in [5.41, 5.74) is -0.0888. The molecule has 0 radical (unpaired) electrons. The van der Waals surface area contributed by atoms with Gasteiger partial charge in [0.15, 0.2) is 0 Å². The summed E-state index contributed by atoms with van der Waals surface area (Å²) in [5.74, 6) is 2.11. The standard InChI is InChI=1S/C23H34O4/c1-13(24)18-7-8-19-17-6-5-15-11-16(27-14(2)25)9-10-22(15,3)21(17)20(26)12-23(18,19)4/h15-19,21H,5-12H2,1-4H3/t15-,16+,17-,18+,19?,21?,22-,23+/m0/s1. The molecule has 0 amide bonds. The second kappa shape index (κ2) is 6.42. The molecule has 8 atom stereocenters. The maximum Gasteiger partial charge on any atom is 0.302 e. The van der Waals surface area contributed by atoms with Crippen molar-refractivity contribution < 1.29 is 19.1 Å². The van der Waals surface area contributed by atoms with E-state index in [4.69, 9.17) is 4.74 Å². The van der Waals surface area contributed by atoms with Gasteiger partial charge in [0.1, 0.15) is 17.7 Å². The lowest BCUT2D eigenvalue weighted by Crippen LogP contribution is -2.58. The fourth-order valence-corrected chi connectivity index (χ4v) is 8.04. The van der Waals surface area contributed by atoms with Gasteiger partial charge in [-0.25, -0.2) is 0 Å². The molecule has 27 heavy (non-hydrogen) atoms. The summed E-state index contributed by atoms with van der Waals surface area (Å²) in [6.45, 7) is 7.75. The number of Topliss-reactive ketones (excluding diaryl/α,β-unsaturated/α-hetero) is 2. The quantitative estimate of drug-likeness (QED) is 0.675. The summed E-state index contributed by atoms with van der Waals surface area (Å²) in [5, 5.41) is 0. The Hall–Kier alpha value is -1.19. The Bertz CT molecular complexity index is 669. The minimum absolute atomic E-state index is 0.0228. The Balaban J connectivity index is 1.60. The number of ketones is 2. The van der Waals surface area contributed by atoms with E-state index in [9.17, 15) is 14.4 Å². The molecular formula is C23H34O4. The molecule has 0 heterocycles. The molecule has 4 saturated carbocycles. The van der Waals surface area contributed by atoms with E-state index >= 15 is 0 Å². The zero-order chi connectivity index (χ0) is 19.6. The van der Waals surface area contributed by atoms with Gasteiger partial charge in [-0.05, 0) is 80.5 Å². The first-order valence-corrected chi connectivity index (χ1v) is 10.9. The average Bonchev–Trinajstić information content (AvgIpc) is 2.91. The fourth-order valence-electron chi connectivity index (χ4n) is 8.04. The van der Waals surface area contributed by atoms with E-state index in [0.29, 0.717) is 30.0 Å². The van der Waals surface area contributed by atoms with Crippen molar-refractivity contribution in [1.29, 1.82) is 0 Å². The van der Waals surface area contributed by atoms with Gasteiger partial charge in [0.25, 0.3) is 0 Å². The Kier molecular flexibility index (Phi) is 4.55. The topological polar surface area (TPSA) is 60.4 Å². The van der Waals surface area contributed by atoms with E-state index in [-0.39, 0.29) is 40.5 Å². The molecule has 0 bridgehead atoms. The first kappa shape index (κ1) is 19.1. The van der Waals surface area contributed by atoms with Crippen molar-refractivity contribution in [2.24, 2.45) is 40.4 Å². The summed E-state index contributed by atoms with van der Waals surface area (Å²) in [6.07, 6.45) is 7.64. The number of esters is 1. The lowest BCUT2D eigenvalue weighted by molar-refractivity contribution is -0.169. The highest BCUT2D eigenvalue weighted by Gasteiger charge is 2.63. The largest absolute Gasteiger partial charge is 0.463 e. The third kappa shape index (κ3) is 2.81. The van der Waals surface area contributed by atoms with Crippen LogP contribution >= 0.6 is 0 Å². The summed E-state index contributed by atoms with van der Waals surface area (Å²) < 4.78 is 5.51. The molecule has 0 aromatic rings. The Labute approximate surface area is 162 Å². The van der Waals surface area contributed by atoms with Crippen LogP contribution in [0.1, 0.15) is 79.1 Å². The van der Waals surface area contributed by atoms with Crippen molar-refractivity contribution >= 4 is 17.5 Å². The van der Waals surface area contributed by atoms with Crippen molar-refractivity contribution in [1.82, 2.24) is 0 Å². The molecule has 0 aromatic carbocycles. The fraction of sp³-hybridized carbons (Fsp3) is 0.870. The highest BCUT2D eigenvalue weighted by atomic mass is 16.5. The molecule has 0 spiro atoms. The number of rotatable bonds is 2. The average molecular weight is 375 g/mol. The molecule has 150 valence electrons. The molecule has 4 aliphatic carbocycles. The van der Waals surface area contributed by atoms with Gasteiger partial charge in [-0.15, -0.1) is 0 Å². The zero-order valence-electron chi connectivity index (χ0n) is 17.3. The molecule has 4 fully saturated rings. The molecule has 0 aromatic heterocycles. The highest BCUT2D eigenvalue weighted by Crippen LogP contribution is 2.66. The van der Waals surface area contributed by atoms with Crippen LogP contribution in [0.4, 0.5) is 0 Å². The van der Waals surface area contributed by atoms with Crippen molar-refractivity contribution in [3.05, 3.63) is 0 Å². The van der Waals surface area contributed by atoms with Crippen LogP contribution < -0.4 is 0 Å². The van der Waals surface area contributed by atoms with Crippen LogP contribution in [0.25, 0.3) is 0 Å². The molecule has 0 saturated heterocycles. The molecule has 4 aliphatic rings. The van der Waals surface area contributed by atoms with Crippen LogP contribution in [-0.2, 0) is 19.1 Å². The van der Waals surface area contributed by atoms with Crippen LogP contribution in [0.2, 0.25) is 0 Å². The third-order valence-corrected chi connectivity index (χ3v) is 9.12. The molecule has 0 aliphatic heterocycles. The van der Waals surface area contributed by atoms with E-state index in [1.807, 2.05) is 0 Å². The number of carbonyl (C=O) groups is 3. The van der Waals surface area contributed by atoms with Crippen molar-refractivity contribution in [2.75, 3.05) is 0 Å². The second-order valence-corrected chi connectivity index (χ2v) is 10.4. The number of ether oxygens (including phenoxy) is 1. The van der Waals surface area contributed by atoms with Gasteiger partial charge in [0.2, 0.25) is 0 Å². The van der Waals surface area contributed by atoms with E-state index in [1.54, 1.807) is 6.92 Å². The first-order valence-electron chi connectivity index (χ1n) is 10.9. The van der Waals surface area contributed by atoms with Crippen LogP contribution in [0.3, 0.4) is 0 Å². The Morgan fingerprint density at radius 3 is 2.41 bits per heavy atom. The number of hydrogen-bond acceptors (Lipinski definition) is 4. The van der Waals surface area contributed by atoms with Gasteiger partial charge in [0.05, 0.1) is 0 Å². The summed E-state index contributed by atoms with van der Waals surface area (Å²) in [6, 6.07) is 0. The maximum absolute atomic E-state index is 13.5. The van der Waals surface area contributed by atoms with Crippen LogP contribution in [0, 0.1) is 40.4 Å². The smallest absolute Gasteiger partial charge is 0.302 e. The lowest BCUT2D eigenvalue weighted by atomic mass is 9.44. The van der Waals surface area contributed by atoms with Gasteiger partial charge in [-0.3, -0.25) is 14.4 Å². The molecular weight excluding hydrogens is 340 g/mol. The predicted molar refractivity (Wildman–Crippen MR) is 102 cm³/mol. The highest BCUT2D eigenvalue weighted by molar-refractivity contribution is 5.87. The van der Waals surface area contributed by atoms with Gasteiger partial charge in [-0.1, -0.05) is 13.8 Å². The number of hydrogen-bond donors (Lipinski definition) is 0. The lowest BCUT2D eigenvalue weighted by Gasteiger charge is -2.59. The number of carbonyl (C=O) groups excluding carboxylic acids is 3. The number of fused-ring (bicyclic) bond motifs is 5. The summed E-state index contributed by atoms with van der Waals surface area (Å²) >= 11 is 0. The molecule has 0 N–H and O–H groups in total. The minimum Gasteiger partial charge on any atom is -0.463 e. The zero-order valence-corrected chi connectivity index (χ0v) is 17.3. The van der Waals surface area contributed by atoms with Crippen LogP contribution in [0.5, 0.6) is 0 Å². The molecule has 4 heteroatoms. The molecule has 4 rings (SSSR count). The van der Waals surface area contributed by atoms with Crippen molar-refractivity contribution in [2.45, 2.75) is 85.2 Å². The van der Waals surface area contributed by atoms with Crippen molar-refractivity contribution in [3.8, 4) is 0 Å². The van der Waals surface area contributed by atoms with E-state index in [0.717, 1.165) is 44.9 Å². The Morgan fingerprint density at radius 1 is 1.00 bits per heavy atom. The minimum atomic E-state index is -0.192. The SMILES string of the molecule is CC(=O)O[C@@H]1CC[C@]2(C)C3C(=O)C[C@@]4(C)C(CC[C@@H]4C(C)=O)[C@@H]3CC[C@H]2C1. The van der Waals surface area contributed by atoms with Gasteiger partial charge < -0.3 is 4.74 Å². The van der Waals surface area contributed by atoms with E-state index in [1.165, 1.54) is 6.92 Å². The first-order chi connectivity index (χ1) is 12.7. The van der Waals surface area contributed by atoms with Gasteiger partial charge in [-0.2, -0.15) is 0 Å². The van der Waals surface area contributed by atoms with Gasteiger partial charge >= 0.3 is 5.97 Å².